The van der Waals surface area contributed by atoms with E-state index in [2.05, 4.69) is 0 Å². The third-order valence-corrected chi connectivity index (χ3v) is 4.04. The lowest BCUT2D eigenvalue weighted by Gasteiger charge is -2.19. The van der Waals surface area contributed by atoms with Crippen LogP contribution >= 0.6 is 0 Å². The van der Waals surface area contributed by atoms with Crippen molar-refractivity contribution in [2.45, 2.75) is 11.7 Å². The monoisotopic (exact) mass is 291 g/mol. The number of halogens is 2. The lowest BCUT2D eigenvalue weighted by atomic mass is 10.2. The highest BCUT2D eigenvalue weighted by atomic mass is 32.3. The van der Waals surface area contributed by atoms with E-state index in [4.69, 9.17) is 4.74 Å². The minimum atomic E-state index is -4.80. The third-order valence-electron chi connectivity index (χ3n) is 2.93. The Bertz CT molecular complexity index is 617. The van der Waals surface area contributed by atoms with Gasteiger partial charge in [0.25, 0.3) is 0 Å². The Hall–Kier alpha value is -1.70. The summed E-state index contributed by atoms with van der Waals surface area (Å²) in [6.45, 7) is -0.350. The number of benzene rings is 1. The molecule has 1 aromatic rings. The van der Waals surface area contributed by atoms with Crippen LogP contribution in [-0.2, 0) is 15.0 Å². The lowest BCUT2D eigenvalue weighted by molar-refractivity contribution is -0.117. The van der Waals surface area contributed by atoms with E-state index in [-0.39, 0.29) is 18.0 Å². The summed E-state index contributed by atoms with van der Waals surface area (Å²) in [6.07, 6.45) is -0.460. The molecule has 1 amide bonds. The zero-order valence-electron chi connectivity index (χ0n) is 9.97. The first-order valence-corrected chi connectivity index (χ1v) is 6.85. The molecule has 1 aliphatic heterocycles. The van der Waals surface area contributed by atoms with Gasteiger partial charge < -0.3 is 9.64 Å². The molecule has 5 nitrogen and oxygen atoms in total. The number of para-hydroxylation sites is 1. The summed E-state index contributed by atoms with van der Waals surface area (Å²) < 4.78 is 52.9. The predicted octanol–water partition coefficient (Wildman–Crippen LogP) is 1.24. The maximum Gasteiger partial charge on any atom is 0.307 e. The molecular formula is C11H11F2NO4S. The molecule has 0 spiro atoms. The Kier molecular flexibility index (Phi) is 3.44. The van der Waals surface area contributed by atoms with Gasteiger partial charge in [-0.1, -0.05) is 6.07 Å². The van der Waals surface area contributed by atoms with Gasteiger partial charge in [0.2, 0.25) is 5.91 Å². The Morgan fingerprint density at radius 1 is 1.42 bits per heavy atom. The second-order valence-corrected chi connectivity index (χ2v) is 5.72. The number of methoxy groups -OCH3 is 1. The summed E-state index contributed by atoms with van der Waals surface area (Å²) >= 11 is 0. The second-order valence-electron chi connectivity index (χ2n) is 4.10. The van der Waals surface area contributed by atoms with Crippen LogP contribution in [-0.4, -0.2) is 33.2 Å². The van der Waals surface area contributed by atoms with Gasteiger partial charge in [-0.15, -0.1) is 3.89 Å². The number of amides is 1. The molecule has 0 aliphatic carbocycles. The van der Waals surface area contributed by atoms with E-state index in [0.29, 0.717) is 0 Å². The van der Waals surface area contributed by atoms with Crippen molar-refractivity contribution in [2.24, 2.45) is 0 Å². The average molecular weight is 291 g/mol. The van der Waals surface area contributed by atoms with Gasteiger partial charge in [-0.2, -0.15) is 8.42 Å². The van der Waals surface area contributed by atoms with Crippen LogP contribution < -0.4 is 9.64 Å². The number of hydrogen-bond donors (Lipinski definition) is 0. The molecule has 0 N–H and O–H groups in total. The number of ether oxygens (including phenoxy) is 1. The van der Waals surface area contributed by atoms with Gasteiger partial charge in [-0.3, -0.25) is 4.79 Å². The van der Waals surface area contributed by atoms with Crippen molar-refractivity contribution in [1.29, 1.82) is 0 Å². The van der Waals surface area contributed by atoms with Crippen molar-refractivity contribution in [3.8, 4) is 5.75 Å². The maximum atomic E-state index is 13.5. The molecular weight excluding hydrogens is 280 g/mol. The maximum absolute atomic E-state index is 13.5. The Balaban J connectivity index is 2.39. The molecule has 0 radical (unpaired) electrons. The molecule has 0 bridgehead atoms. The molecule has 1 heterocycles. The highest BCUT2D eigenvalue weighted by Gasteiger charge is 2.40. The predicted molar refractivity (Wildman–Crippen MR) is 63.7 cm³/mol. The van der Waals surface area contributed by atoms with Crippen LogP contribution in [0.15, 0.2) is 18.2 Å². The minimum absolute atomic E-state index is 0.0960. The summed E-state index contributed by atoms with van der Waals surface area (Å²) in [5.41, 5.74) is 0.0960. The summed E-state index contributed by atoms with van der Waals surface area (Å²) in [5, 5.41) is -1.42. The average Bonchev–Trinajstić information content (AvgIpc) is 2.70. The minimum Gasteiger partial charge on any atom is -0.492 e. The normalized spacial score (nSPS) is 19.8. The molecule has 0 aromatic heterocycles. The molecule has 19 heavy (non-hydrogen) atoms. The zero-order valence-corrected chi connectivity index (χ0v) is 10.8. The number of hydrogen-bond acceptors (Lipinski definition) is 4. The molecule has 1 aliphatic rings. The molecule has 1 atom stereocenters. The van der Waals surface area contributed by atoms with E-state index < -0.39 is 33.6 Å². The topological polar surface area (TPSA) is 63.7 Å². The highest BCUT2D eigenvalue weighted by Crippen LogP contribution is 2.34. The quantitative estimate of drug-likeness (QED) is 0.786. The number of rotatable bonds is 3. The highest BCUT2D eigenvalue weighted by molar-refractivity contribution is 7.87. The van der Waals surface area contributed by atoms with Crippen molar-refractivity contribution in [1.82, 2.24) is 0 Å². The van der Waals surface area contributed by atoms with Gasteiger partial charge in [-0.25, -0.2) is 4.39 Å². The molecule has 1 aromatic carbocycles. The van der Waals surface area contributed by atoms with Crippen molar-refractivity contribution in [2.75, 3.05) is 18.6 Å². The number of carbonyl (C=O) groups is 1. The van der Waals surface area contributed by atoms with Crippen molar-refractivity contribution in [3.63, 3.8) is 0 Å². The SMILES string of the molecule is COc1c(F)cccc1N1CC(S(=O)(=O)F)CC1=O. The Labute approximate surface area is 109 Å². The van der Waals surface area contributed by atoms with Crippen LogP contribution in [0.5, 0.6) is 5.75 Å². The van der Waals surface area contributed by atoms with Crippen LogP contribution in [0.1, 0.15) is 6.42 Å². The van der Waals surface area contributed by atoms with Gasteiger partial charge in [0.05, 0.1) is 12.8 Å². The van der Waals surface area contributed by atoms with E-state index in [9.17, 15) is 21.5 Å². The first kappa shape index (κ1) is 13.7. The van der Waals surface area contributed by atoms with Crippen molar-refractivity contribution >= 4 is 21.8 Å². The number of carbonyl (C=O) groups excluding carboxylic acids is 1. The lowest BCUT2D eigenvalue weighted by Crippen LogP contribution is -2.27. The van der Waals surface area contributed by atoms with Crippen LogP contribution in [0.2, 0.25) is 0 Å². The molecule has 8 heteroatoms. The van der Waals surface area contributed by atoms with Gasteiger partial charge in [0.15, 0.2) is 11.6 Å². The van der Waals surface area contributed by atoms with Crippen molar-refractivity contribution < 1.29 is 26.2 Å². The van der Waals surface area contributed by atoms with Gasteiger partial charge in [-0.05, 0) is 12.1 Å². The van der Waals surface area contributed by atoms with E-state index >= 15 is 0 Å². The zero-order chi connectivity index (χ0) is 14.2. The Morgan fingerprint density at radius 3 is 2.63 bits per heavy atom. The first-order chi connectivity index (χ1) is 8.84. The van der Waals surface area contributed by atoms with Crippen LogP contribution in [0.25, 0.3) is 0 Å². The fraction of sp³-hybridized carbons (Fsp3) is 0.364. The molecule has 1 saturated heterocycles. The van der Waals surface area contributed by atoms with E-state index in [1.54, 1.807) is 0 Å². The first-order valence-electron chi connectivity index (χ1n) is 5.41. The van der Waals surface area contributed by atoms with Gasteiger partial charge in [0.1, 0.15) is 5.25 Å². The van der Waals surface area contributed by atoms with Crippen LogP contribution in [0, 0.1) is 5.82 Å². The van der Waals surface area contributed by atoms with E-state index in [1.165, 1.54) is 19.2 Å². The fourth-order valence-corrected chi connectivity index (χ4v) is 2.68. The van der Waals surface area contributed by atoms with E-state index in [1.807, 2.05) is 0 Å². The van der Waals surface area contributed by atoms with Crippen LogP contribution in [0.3, 0.4) is 0 Å². The van der Waals surface area contributed by atoms with Gasteiger partial charge >= 0.3 is 10.2 Å². The van der Waals surface area contributed by atoms with Crippen LogP contribution in [0.4, 0.5) is 14.0 Å². The van der Waals surface area contributed by atoms with E-state index in [0.717, 1.165) is 11.0 Å². The number of nitrogens with zero attached hydrogens (tertiary/aromatic N) is 1. The summed E-state index contributed by atoms with van der Waals surface area (Å²) in [4.78, 5) is 12.7. The van der Waals surface area contributed by atoms with Crippen molar-refractivity contribution in [3.05, 3.63) is 24.0 Å². The summed E-state index contributed by atoms with van der Waals surface area (Å²) in [5.74, 6) is -1.44. The molecule has 104 valence electrons. The molecule has 0 saturated carbocycles. The van der Waals surface area contributed by atoms with Gasteiger partial charge in [0, 0.05) is 13.0 Å². The fourth-order valence-electron chi connectivity index (χ4n) is 2.01. The smallest absolute Gasteiger partial charge is 0.307 e. The summed E-state index contributed by atoms with van der Waals surface area (Å²) in [6, 6.07) is 3.91. The third kappa shape index (κ3) is 2.53. The number of anilines is 1. The largest absolute Gasteiger partial charge is 0.492 e. The summed E-state index contributed by atoms with van der Waals surface area (Å²) in [7, 11) is -3.58. The molecule has 2 rings (SSSR count). The molecule has 1 fully saturated rings. The Morgan fingerprint density at radius 2 is 2.11 bits per heavy atom. The second kappa shape index (κ2) is 4.76. The standard InChI is InChI=1S/C11H11F2NO4S/c1-18-11-8(12)3-2-4-9(11)14-6-7(5-10(14)15)19(13,16)17/h2-4,7H,5-6H2,1H3. The molecule has 1 unspecified atom stereocenters.